The van der Waals surface area contributed by atoms with E-state index in [1.54, 1.807) is 12.1 Å². The molecule has 1 fully saturated rings. The molecule has 0 spiro atoms. The Morgan fingerprint density at radius 3 is 2.93 bits per heavy atom. The normalized spacial score (nSPS) is 21.3. The Balaban J connectivity index is 1.84. The van der Waals surface area contributed by atoms with E-state index in [9.17, 15) is 4.39 Å². The lowest BCUT2D eigenvalue weighted by atomic mass is 10.1. The minimum absolute atomic E-state index is 0.173. The molecule has 2 rings (SSSR count). The molecular weight excluding hydrogens is 191 g/mol. The zero-order valence-corrected chi connectivity index (χ0v) is 8.80. The number of anilines is 1. The third kappa shape index (κ3) is 2.93. The molecule has 1 atom stereocenters. The van der Waals surface area contributed by atoms with E-state index < -0.39 is 0 Å². The van der Waals surface area contributed by atoms with Gasteiger partial charge < -0.3 is 10.6 Å². The lowest BCUT2D eigenvalue weighted by Crippen LogP contribution is -2.39. The molecule has 0 amide bonds. The molecule has 0 aromatic heterocycles. The first-order valence-electron chi connectivity index (χ1n) is 5.58. The van der Waals surface area contributed by atoms with Crippen LogP contribution in [-0.4, -0.2) is 19.1 Å². The highest BCUT2D eigenvalue weighted by Crippen LogP contribution is 2.13. The molecule has 0 radical (unpaired) electrons. The van der Waals surface area contributed by atoms with E-state index in [0.29, 0.717) is 11.7 Å². The number of piperidine rings is 1. The van der Waals surface area contributed by atoms with Crippen LogP contribution in [0.4, 0.5) is 10.1 Å². The molecule has 1 aliphatic heterocycles. The summed E-state index contributed by atoms with van der Waals surface area (Å²) in [5, 5.41) is 6.57. The maximum atomic E-state index is 13.3. The Morgan fingerprint density at radius 1 is 1.33 bits per heavy atom. The molecule has 1 unspecified atom stereocenters. The molecule has 15 heavy (non-hydrogen) atoms. The Kier molecular flexibility index (Phi) is 3.56. The SMILES string of the molecule is Fc1ccccc1NCC1CCCCN1. The lowest BCUT2D eigenvalue weighted by molar-refractivity contribution is 0.414. The minimum atomic E-state index is -0.173. The molecule has 1 aromatic rings. The van der Waals surface area contributed by atoms with Crippen molar-refractivity contribution in [3.05, 3.63) is 30.1 Å². The van der Waals surface area contributed by atoms with E-state index in [1.165, 1.54) is 25.3 Å². The predicted octanol–water partition coefficient (Wildman–Crippen LogP) is 2.38. The molecule has 82 valence electrons. The summed E-state index contributed by atoms with van der Waals surface area (Å²) in [5.41, 5.74) is 0.602. The number of para-hydroxylation sites is 1. The monoisotopic (exact) mass is 208 g/mol. The summed E-state index contributed by atoms with van der Waals surface area (Å²) in [5.74, 6) is -0.173. The predicted molar refractivity (Wildman–Crippen MR) is 60.5 cm³/mol. The molecule has 1 heterocycles. The third-order valence-corrected chi connectivity index (χ3v) is 2.83. The molecule has 1 saturated heterocycles. The summed E-state index contributed by atoms with van der Waals surface area (Å²) in [7, 11) is 0. The van der Waals surface area contributed by atoms with Gasteiger partial charge in [0.2, 0.25) is 0 Å². The summed E-state index contributed by atoms with van der Waals surface area (Å²) >= 11 is 0. The lowest BCUT2D eigenvalue weighted by Gasteiger charge is -2.24. The van der Waals surface area contributed by atoms with Gasteiger partial charge in [-0.05, 0) is 31.5 Å². The van der Waals surface area contributed by atoms with Crippen LogP contribution in [0.2, 0.25) is 0 Å². The van der Waals surface area contributed by atoms with Gasteiger partial charge in [0.25, 0.3) is 0 Å². The average Bonchev–Trinajstić information content (AvgIpc) is 2.29. The van der Waals surface area contributed by atoms with Crippen LogP contribution >= 0.6 is 0 Å². The van der Waals surface area contributed by atoms with Crippen LogP contribution in [0.5, 0.6) is 0 Å². The summed E-state index contributed by atoms with van der Waals surface area (Å²) in [6.45, 7) is 1.89. The fourth-order valence-corrected chi connectivity index (χ4v) is 1.94. The van der Waals surface area contributed by atoms with Crippen molar-refractivity contribution in [2.75, 3.05) is 18.4 Å². The van der Waals surface area contributed by atoms with E-state index in [2.05, 4.69) is 10.6 Å². The standard InChI is InChI=1S/C12H17FN2/c13-11-6-1-2-7-12(11)15-9-10-5-3-4-8-14-10/h1-2,6-7,10,14-15H,3-5,8-9H2. The second kappa shape index (κ2) is 5.12. The Bertz CT molecular complexity index is 308. The molecular formula is C12H17FN2. The zero-order chi connectivity index (χ0) is 10.5. The Labute approximate surface area is 89.9 Å². The van der Waals surface area contributed by atoms with Crippen LogP contribution in [0.25, 0.3) is 0 Å². The largest absolute Gasteiger partial charge is 0.381 e. The third-order valence-electron chi connectivity index (χ3n) is 2.83. The number of rotatable bonds is 3. The first-order chi connectivity index (χ1) is 7.36. The van der Waals surface area contributed by atoms with Crippen LogP contribution in [-0.2, 0) is 0 Å². The second-order valence-corrected chi connectivity index (χ2v) is 4.01. The molecule has 1 aromatic carbocycles. The quantitative estimate of drug-likeness (QED) is 0.797. The molecule has 3 heteroatoms. The number of hydrogen-bond donors (Lipinski definition) is 2. The summed E-state index contributed by atoms with van der Waals surface area (Å²) < 4.78 is 13.3. The van der Waals surface area contributed by atoms with Gasteiger partial charge in [-0.3, -0.25) is 0 Å². The van der Waals surface area contributed by atoms with Crippen molar-refractivity contribution < 1.29 is 4.39 Å². The molecule has 2 N–H and O–H groups in total. The fourth-order valence-electron chi connectivity index (χ4n) is 1.94. The first-order valence-corrected chi connectivity index (χ1v) is 5.58. The van der Waals surface area contributed by atoms with Crippen molar-refractivity contribution in [1.82, 2.24) is 5.32 Å². The second-order valence-electron chi connectivity index (χ2n) is 4.01. The number of halogens is 1. The van der Waals surface area contributed by atoms with E-state index in [1.807, 2.05) is 6.07 Å². The maximum Gasteiger partial charge on any atom is 0.146 e. The number of benzene rings is 1. The minimum Gasteiger partial charge on any atom is -0.381 e. The molecule has 0 aliphatic carbocycles. The van der Waals surface area contributed by atoms with Crippen LogP contribution in [0, 0.1) is 5.82 Å². The highest BCUT2D eigenvalue weighted by atomic mass is 19.1. The average molecular weight is 208 g/mol. The van der Waals surface area contributed by atoms with Gasteiger partial charge in [0.15, 0.2) is 0 Å². The molecule has 1 aliphatic rings. The van der Waals surface area contributed by atoms with Crippen molar-refractivity contribution in [3.8, 4) is 0 Å². The number of hydrogen-bond acceptors (Lipinski definition) is 2. The van der Waals surface area contributed by atoms with E-state index in [4.69, 9.17) is 0 Å². The van der Waals surface area contributed by atoms with E-state index in [0.717, 1.165) is 13.1 Å². The topological polar surface area (TPSA) is 24.1 Å². The molecule has 0 saturated carbocycles. The first kappa shape index (κ1) is 10.4. The molecule has 2 nitrogen and oxygen atoms in total. The highest BCUT2D eigenvalue weighted by Gasteiger charge is 2.12. The Hall–Kier alpha value is -1.09. The summed E-state index contributed by atoms with van der Waals surface area (Å²) in [4.78, 5) is 0. The van der Waals surface area contributed by atoms with Gasteiger partial charge in [0.05, 0.1) is 5.69 Å². The highest BCUT2D eigenvalue weighted by molar-refractivity contribution is 5.44. The van der Waals surface area contributed by atoms with Gasteiger partial charge >= 0.3 is 0 Å². The van der Waals surface area contributed by atoms with Gasteiger partial charge in [-0.15, -0.1) is 0 Å². The fraction of sp³-hybridized carbons (Fsp3) is 0.500. The van der Waals surface area contributed by atoms with Crippen molar-refractivity contribution in [2.45, 2.75) is 25.3 Å². The number of nitrogens with one attached hydrogen (secondary N) is 2. The van der Waals surface area contributed by atoms with Crippen molar-refractivity contribution in [3.63, 3.8) is 0 Å². The van der Waals surface area contributed by atoms with Crippen molar-refractivity contribution >= 4 is 5.69 Å². The van der Waals surface area contributed by atoms with Gasteiger partial charge in [-0.2, -0.15) is 0 Å². The van der Waals surface area contributed by atoms with Crippen LogP contribution in [0.3, 0.4) is 0 Å². The smallest absolute Gasteiger partial charge is 0.146 e. The molecule has 0 bridgehead atoms. The van der Waals surface area contributed by atoms with Crippen LogP contribution < -0.4 is 10.6 Å². The van der Waals surface area contributed by atoms with Gasteiger partial charge in [-0.25, -0.2) is 4.39 Å². The maximum absolute atomic E-state index is 13.3. The van der Waals surface area contributed by atoms with Crippen LogP contribution in [0.1, 0.15) is 19.3 Å². The van der Waals surface area contributed by atoms with Gasteiger partial charge in [-0.1, -0.05) is 18.6 Å². The zero-order valence-electron chi connectivity index (χ0n) is 8.80. The van der Waals surface area contributed by atoms with Gasteiger partial charge in [0.1, 0.15) is 5.82 Å². The van der Waals surface area contributed by atoms with Crippen molar-refractivity contribution in [1.29, 1.82) is 0 Å². The summed E-state index contributed by atoms with van der Waals surface area (Å²) in [6.07, 6.45) is 3.72. The Morgan fingerprint density at radius 2 is 2.20 bits per heavy atom. The van der Waals surface area contributed by atoms with Crippen LogP contribution in [0.15, 0.2) is 24.3 Å². The van der Waals surface area contributed by atoms with E-state index >= 15 is 0 Å². The van der Waals surface area contributed by atoms with Crippen molar-refractivity contribution in [2.24, 2.45) is 0 Å². The van der Waals surface area contributed by atoms with E-state index in [-0.39, 0.29) is 5.82 Å². The summed E-state index contributed by atoms with van der Waals surface area (Å²) in [6, 6.07) is 7.30. The van der Waals surface area contributed by atoms with Gasteiger partial charge in [0, 0.05) is 12.6 Å².